The number of rotatable bonds is 2. The fourth-order valence-corrected chi connectivity index (χ4v) is 0.588. The Morgan fingerprint density at radius 3 is 2.91 bits per heavy atom. The number of ether oxygens (including phenoxy) is 1. The highest BCUT2D eigenvalue weighted by Crippen LogP contribution is 1.94. The number of esters is 1. The number of pyridine rings is 1. The number of hydrogen-bond donors (Lipinski definition) is 0. The second kappa shape index (κ2) is 3.46. The van der Waals surface area contributed by atoms with Crippen molar-refractivity contribution in [2.75, 3.05) is 0 Å². The van der Waals surface area contributed by atoms with Gasteiger partial charge in [0.25, 0.3) is 0 Å². The molecular formula is C7H5NO3. The molecule has 4 heteroatoms. The molecule has 0 radical (unpaired) electrons. The molecule has 1 heterocycles. The van der Waals surface area contributed by atoms with Crippen LogP contribution in [0.3, 0.4) is 0 Å². The number of hydrogen-bond acceptors (Lipinski definition) is 4. The summed E-state index contributed by atoms with van der Waals surface area (Å²) in [6, 6.07) is 4.76. The minimum Gasteiger partial charge on any atom is -0.391 e. The predicted octanol–water partition coefficient (Wildman–Crippen LogP) is 0.395. The van der Waals surface area contributed by atoms with E-state index < -0.39 is 5.97 Å². The fourth-order valence-electron chi connectivity index (χ4n) is 0.588. The van der Waals surface area contributed by atoms with Crippen molar-refractivity contribution in [2.45, 2.75) is 0 Å². The van der Waals surface area contributed by atoms with Crippen LogP contribution in [0.4, 0.5) is 0 Å². The van der Waals surface area contributed by atoms with Crippen LogP contribution in [-0.2, 0) is 9.53 Å². The van der Waals surface area contributed by atoms with Gasteiger partial charge < -0.3 is 4.74 Å². The third kappa shape index (κ3) is 1.86. The van der Waals surface area contributed by atoms with Crippen LogP contribution in [0.15, 0.2) is 24.4 Å². The average molecular weight is 151 g/mol. The van der Waals surface area contributed by atoms with Crippen LogP contribution in [-0.4, -0.2) is 17.4 Å². The number of aromatic nitrogens is 1. The fraction of sp³-hybridized carbons (Fsp3) is 0. The SMILES string of the molecule is O=COC(=O)c1ccccn1. The molecule has 1 aromatic heterocycles. The second-order valence-corrected chi connectivity index (χ2v) is 1.72. The van der Waals surface area contributed by atoms with Crippen LogP contribution in [0.25, 0.3) is 0 Å². The quantitative estimate of drug-likeness (QED) is 0.348. The van der Waals surface area contributed by atoms with Crippen LogP contribution in [0.2, 0.25) is 0 Å². The standard InChI is InChI=1S/C7H5NO3/c9-5-11-7(10)6-3-1-2-4-8-6/h1-5H. The van der Waals surface area contributed by atoms with E-state index in [1.807, 2.05) is 0 Å². The molecule has 0 saturated carbocycles. The van der Waals surface area contributed by atoms with E-state index in [2.05, 4.69) is 9.72 Å². The molecule has 1 aromatic rings. The van der Waals surface area contributed by atoms with Crippen LogP contribution in [0, 0.1) is 0 Å². The Labute approximate surface area is 62.8 Å². The minimum atomic E-state index is -0.736. The lowest BCUT2D eigenvalue weighted by atomic mass is 10.4. The van der Waals surface area contributed by atoms with Gasteiger partial charge in [-0.1, -0.05) is 6.07 Å². The molecule has 0 saturated heterocycles. The van der Waals surface area contributed by atoms with E-state index in [9.17, 15) is 9.59 Å². The van der Waals surface area contributed by atoms with E-state index in [0.29, 0.717) is 0 Å². The van der Waals surface area contributed by atoms with Gasteiger partial charge in [-0.05, 0) is 12.1 Å². The van der Waals surface area contributed by atoms with Crippen LogP contribution in [0.1, 0.15) is 10.5 Å². The number of nitrogens with zero attached hydrogens (tertiary/aromatic N) is 1. The summed E-state index contributed by atoms with van der Waals surface area (Å²) in [4.78, 5) is 24.1. The third-order valence-corrected chi connectivity index (χ3v) is 1.03. The Kier molecular flexibility index (Phi) is 2.32. The lowest BCUT2D eigenvalue weighted by Gasteiger charge is -1.93. The largest absolute Gasteiger partial charge is 0.391 e. The highest BCUT2D eigenvalue weighted by Gasteiger charge is 2.05. The topological polar surface area (TPSA) is 56.3 Å². The Morgan fingerprint density at radius 1 is 1.55 bits per heavy atom. The summed E-state index contributed by atoms with van der Waals surface area (Å²) in [6.45, 7) is 0.0804. The third-order valence-electron chi connectivity index (χ3n) is 1.03. The van der Waals surface area contributed by atoms with Crippen molar-refractivity contribution in [2.24, 2.45) is 0 Å². The molecule has 0 aliphatic rings. The van der Waals surface area contributed by atoms with Gasteiger partial charge in [-0.3, -0.25) is 4.79 Å². The molecule has 0 aliphatic heterocycles. The summed E-state index contributed by atoms with van der Waals surface area (Å²) < 4.78 is 4.05. The summed E-state index contributed by atoms with van der Waals surface area (Å²) >= 11 is 0. The Bertz CT molecular complexity index is 258. The van der Waals surface area contributed by atoms with E-state index in [0.717, 1.165) is 0 Å². The molecule has 1 rings (SSSR count). The zero-order chi connectivity index (χ0) is 8.10. The first kappa shape index (κ1) is 7.40. The molecule has 0 spiro atoms. The van der Waals surface area contributed by atoms with Crippen LogP contribution < -0.4 is 0 Å². The number of carbonyl (C=O) groups is 2. The van der Waals surface area contributed by atoms with E-state index in [1.54, 1.807) is 12.1 Å². The predicted molar refractivity (Wildman–Crippen MR) is 35.7 cm³/mol. The summed E-state index contributed by atoms with van der Waals surface area (Å²) in [5.41, 5.74) is 0.125. The van der Waals surface area contributed by atoms with Gasteiger partial charge in [-0.25, -0.2) is 9.78 Å². The van der Waals surface area contributed by atoms with E-state index >= 15 is 0 Å². The normalized spacial score (nSPS) is 8.73. The minimum absolute atomic E-state index is 0.0804. The molecule has 11 heavy (non-hydrogen) atoms. The zero-order valence-electron chi connectivity index (χ0n) is 5.56. The molecule has 0 aliphatic carbocycles. The first-order valence-electron chi connectivity index (χ1n) is 2.90. The van der Waals surface area contributed by atoms with Gasteiger partial charge in [-0.15, -0.1) is 0 Å². The lowest BCUT2D eigenvalue weighted by molar-refractivity contribution is -0.123. The maximum Gasteiger partial charge on any atom is 0.364 e. The summed E-state index contributed by atoms with van der Waals surface area (Å²) in [5, 5.41) is 0. The first-order chi connectivity index (χ1) is 5.34. The summed E-state index contributed by atoms with van der Waals surface area (Å²) in [6.07, 6.45) is 1.45. The van der Waals surface area contributed by atoms with E-state index in [4.69, 9.17) is 0 Å². The molecule has 4 nitrogen and oxygen atoms in total. The molecule has 0 fully saturated rings. The van der Waals surface area contributed by atoms with Crippen molar-refractivity contribution in [3.8, 4) is 0 Å². The first-order valence-corrected chi connectivity index (χ1v) is 2.90. The molecule has 0 unspecified atom stereocenters. The molecule has 0 N–H and O–H groups in total. The maximum atomic E-state index is 10.7. The molecule has 56 valence electrons. The van der Waals surface area contributed by atoms with E-state index in [-0.39, 0.29) is 12.2 Å². The zero-order valence-corrected chi connectivity index (χ0v) is 5.56. The van der Waals surface area contributed by atoms with Gasteiger partial charge in [0.05, 0.1) is 0 Å². The van der Waals surface area contributed by atoms with Crippen LogP contribution in [0.5, 0.6) is 0 Å². The highest BCUT2D eigenvalue weighted by molar-refractivity contribution is 5.90. The molecule has 0 bridgehead atoms. The molecule has 0 amide bonds. The van der Waals surface area contributed by atoms with Crippen molar-refractivity contribution in [1.29, 1.82) is 0 Å². The van der Waals surface area contributed by atoms with Crippen LogP contribution >= 0.6 is 0 Å². The number of carbonyl (C=O) groups excluding carboxylic acids is 2. The summed E-state index contributed by atoms with van der Waals surface area (Å²) in [7, 11) is 0. The highest BCUT2D eigenvalue weighted by atomic mass is 16.6. The smallest absolute Gasteiger partial charge is 0.364 e. The van der Waals surface area contributed by atoms with Crippen molar-refractivity contribution in [1.82, 2.24) is 4.98 Å². The van der Waals surface area contributed by atoms with Crippen molar-refractivity contribution >= 4 is 12.4 Å². The second-order valence-electron chi connectivity index (χ2n) is 1.72. The van der Waals surface area contributed by atoms with Gasteiger partial charge >= 0.3 is 12.4 Å². The lowest BCUT2D eigenvalue weighted by Crippen LogP contribution is -2.04. The monoisotopic (exact) mass is 151 g/mol. The Morgan fingerprint density at radius 2 is 2.36 bits per heavy atom. The van der Waals surface area contributed by atoms with Gasteiger partial charge in [0, 0.05) is 6.20 Å². The Hall–Kier alpha value is -1.71. The maximum absolute atomic E-state index is 10.7. The van der Waals surface area contributed by atoms with Crippen molar-refractivity contribution in [3.63, 3.8) is 0 Å². The van der Waals surface area contributed by atoms with Crippen molar-refractivity contribution in [3.05, 3.63) is 30.1 Å². The van der Waals surface area contributed by atoms with Crippen molar-refractivity contribution < 1.29 is 14.3 Å². The van der Waals surface area contributed by atoms with Gasteiger partial charge in [0.1, 0.15) is 5.69 Å². The molecule has 0 atom stereocenters. The van der Waals surface area contributed by atoms with E-state index in [1.165, 1.54) is 12.3 Å². The van der Waals surface area contributed by atoms with Gasteiger partial charge in [0.15, 0.2) is 0 Å². The van der Waals surface area contributed by atoms with Gasteiger partial charge in [0.2, 0.25) is 0 Å². The van der Waals surface area contributed by atoms with Gasteiger partial charge in [-0.2, -0.15) is 0 Å². The molecular weight excluding hydrogens is 146 g/mol. The Balaban J connectivity index is 2.77. The summed E-state index contributed by atoms with van der Waals surface area (Å²) in [5.74, 6) is -0.736. The average Bonchev–Trinajstić information content (AvgIpc) is 2.07. The molecule has 0 aromatic carbocycles.